The molecule has 0 aliphatic carbocycles. The zero-order valence-electron chi connectivity index (χ0n) is 15.8. The maximum atomic E-state index is 12.3. The van der Waals surface area contributed by atoms with E-state index in [4.69, 9.17) is 4.74 Å². The van der Waals surface area contributed by atoms with E-state index < -0.39 is 0 Å². The first-order valence-electron chi connectivity index (χ1n) is 8.61. The second-order valence-electron chi connectivity index (χ2n) is 6.96. The van der Waals surface area contributed by atoms with Gasteiger partial charge in [-0.25, -0.2) is 0 Å². The van der Waals surface area contributed by atoms with E-state index >= 15 is 0 Å². The topological polar surface area (TPSA) is 68.5 Å². The standard InChI is InChI=1S/C19H24N4O2S/c1-6-19(3,4)20-17(24)11-26-18-22-21-16-9-12(2)14-8-7-13(25-5)10-15(14)23(16)18/h7-10H,6,11H2,1-5H3,(H,20,24). The van der Waals surface area contributed by atoms with E-state index in [-0.39, 0.29) is 11.4 Å². The smallest absolute Gasteiger partial charge is 0.230 e. The summed E-state index contributed by atoms with van der Waals surface area (Å²) in [5.41, 5.74) is 2.66. The van der Waals surface area contributed by atoms with Gasteiger partial charge in [-0.1, -0.05) is 18.7 Å². The maximum Gasteiger partial charge on any atom is 0.230 e. The lowest BCUT2D eigenvalue weighted by Gasteiger charge is -2.24. The van der Waals surface area contributed by atoms with Crippen LogP contribution in [-0.4, -0.2) is 38.9 Å². The molecule has 0 saturated heterocycles. The number of rotatable bonds is 6. The molecule has 3 aromatic rings. The zero-order valence-corrected chi connectivity index (χ0v) is 16.6. The van der Waals surface area contributed by atoms with Crippen molar-refractivity contribution in [2.75, 3.05) is 12.9 Å². The normalized spacial score (nSPS) is 11.9. The summed E-state index contributed by atoms with van der Waals surface area (Å²) in [6.45, 7) is 8.15. The van der Waals surface area contributed by atoms with Crippen LogP contribution in [0.4, 0.5) is 0 Å². The fourth-order valence-corrected chi connectivity index (χ4v) is 3.51. The number of hydrogen-bond acceptors (Lipinski definition) is 5. The minimum atomic E-state index is -0.207. The molecule has 0 radical (unpaired) electrons. The summed E-state index contributed by atoms with van der Waals surface area (Å²) < 4.78 is 7.35. The minimum Gasteiger partial charge on any atom is -0.497 e. The molecule has 0 atom stereocenters. The van der Waals surface area contributed by atoms with Gasteiger partial charge in [0.2, 0.25) is 5.91 Å². The molecule has 0 aliphatic heterocycles. The monoisotopic (exact) mass is 372 g/mol. The molecular weight excluding hydrogens is 348 g/mol. The first-order chi connectivity index (χ1) is 12.3. The molecule has 0 unspecified atom stereocenters. The minimum absolute atomic E-state index is 0.00685. The second kappa shape index (κ2) is 7.15. The van der Waals surface area contributed by atoms with E-state index in [9.17, 15) is 4.79 Å². The summed E-state index contributed by atoms with van der Waals surface area (Å²) in [5, 5.41) is 13.4. The van der Waals surface area contributed by atoms with Gasteiger partial charge in [0.1, 0.15) is 5.75 Å². The number of pyridine rings is 1. The predicted octanol–water partition coefficient (Wildman–Crippen LogP) is 3.60. The number of methoxy groups -OCH3 is 1. The zero-order chi connectivity index (χ0) is 18.9. The van der Waals surface area contributed by atoms with Crippen LogP contribution >= 0.6 is 11.8 Å². The number of fused-ring (bicyclic) bond motifs is 3. The number of nitrogens with zero attached hydrogens (tertiary/aromatic N) is 3. The van der Waals surface area contributed by atoms with Gasteiger partial charge in [-0.15, -0.1) is 10.2 Å². The van der Waals surface area contributed by atoms with Crippen molar-refractivity contribution in [3.8, 4) is 5.75 Å². The van der Waals surface area contributed by atoms with Gasteiger partial charge in [-0.3, -0.25) is 9.20 Å². The molecule has 0 aliphatic rings. The molecule has 6 nitrogen and oxygen atoms in total. The number of amides is 1. The van der Waals surface area contributed by atoms with Crippen LogP contribution in [0.1, 0.15) is 32.8 Å². The van der Waals surface area contributed by atoms with Crippen molar-refractivity contribution >= 4 is 34.2 Å². The molecule has 2 heterocycles. The van der Waals surface area contributed by atoms with Gasteiger partial charge in [0.05, 0.1) is 18.4 Å². The Morgan fingerprint density at radius 1 is 1.31 bits per heavy atom. The SMILES string of the molecule is CCC(C)(C)NC(=O)CSc1nnc2cc(C)c3ccc(OC)cc3n12. The average Bonchev–Trinajstić information content (AvgIpc) is 3.02. The molecule has 1 amide bonds. The van der Waals surface area contributed by atoms with Crippen molar-refractivity contribution in [2.24, 2.45) is 0 Å². The molecule has 2 aromatic heterocycles. The Balaban J connectivity index is 1.94. The van der Waals surface area contributed by atoms with E-state index in [1.54, 1.807) is 7.11 Å². The Morgan fingerprint density at radius 2 is 2.08 bits per heavy atom. The van der Waals surface area contributed by atoms with Gasteiger partial charge >= 0.3 is 0 Å². The molecule has 1 aromatic carbocycles. The predicted molar refractivity (Wildman–Crippen MR) is 105 cm³/mol. The molecule has 26 heavy (non-hydrogen) atoms. The van der Waals surface area contributed by atoms with Crippen LogP contribution < -0.4 is 10.1 Å². The number of nitrogens with one attached hydrogen (secondary N) is 1. The summed E-state index contributed by atoms with van der Waals surface area (Å²) in [6.07, 6.45) is 0.876. The molecule has 1 N–H and O–H groups in total. The summed E-state index contributed by atoms with van der Waals surface area (Å²) in [6, 6.07) is 7.96. The summed E-state index contributed by atoms with van der Waals surface area (Å²) in [7, 11) is 1.65. The van der Waals surface area contributed by atoms with Crippen LogP contribution in [0, 0.1) is 6.92 Å². The number of carbonyl (C=O) groups is 1. The Kier molecular flexibility index (Phi) is 5.09. The second-order valence-corrected chi connectivity index (χ2v) is 7.90. The van der Waals surface area contributed by atoms with Crippen LogP contribution in [0.5, 0.6) is 5.75 Å². The lowest BCUT2D eigenvalue weighted by Crippen LogP contribution is -2.43. The number of aromatic nitrogens is 3. The molecule has 7 heteroatoms. The quantitative estimate of drug-likeness (QED) is 0.670. The highest BCUT2D eigenvalue weighted by Crippen LogP contribution is 2.28. The van der Waals surface area contributed by atoms with Crippen LogP contribution in [0.3, 0.4) is 0 Å². The molecule has 0 fully saturated rings. The van der Waals surface area contributed by atoms with Crippen molar-refractivity contribution in [1.82, 2.24) is 19.9 Å². The Hall–Kier alpha value is -2.28. The van der Waals surface area contributed by atoms with Gasteiger partial charge in [0, 0.05) is 17.0 Å². The van der Waals surface area contributed by atoms with Crippen molar-refractivity contribution < 1.29 is 9.53 Å². The van der Waals surface area contributed by atoms with E-state index in [0.717, 1.165) is 34.3 Å². The lowest BCUT2D eigenvalue weighted by molar-refractivity contribution is -0.120. The Labute approximate surface area is 157 Å². The molecule has 0 saturated carbocycles. The largest absolute Gasteiger partial charge is 0.497 e. The fraction of sp³-hybridized carbons (Fsp3) is 0.421. The number of hydrogen-bond donors (Lipinski definition) is 1. The lowest BCUT2D eigenvalue weighted by atomic mass is 10.0. The number of thioether (sulfide) groups is 1. The van der Waals surface area contributed by atoms with Crippen molar-refractivity contribution in [3.63, 3.8) is 0 Å². The fourth-order valence-electron chi connectivity index (χ4n) is 2.76. The van der Waals surface area contributed by atoms with E-state index in [2.05, 4.69) is 29.4 Å². The van der Waals surface area contributed by atoms with Crippen LogP contribution in [-0.2, 0) is 4.79 Å². The number of carbonyl (C=O) groups excluding carboxylic acids is 1. The van der Waals surface area contributed by atoms with Crippen LogP contribution in [0.25, 0.3) is 16.6 Å². The first-order valence-corrected chi connectivity index (χ1v) is 9.59. The van der Waals surface area contributed by atoms with Crippen molar-refractivity contribution in [3.05, 3.63) is 29.8 Å². The molecule has 3 rings (SSSR count). The summed E-state index contributed by atoms with van der Waals surface area (Å²) >= 11 is 1.39. The van der Waals surface area contributed by atoms with Crippen LogP contribution in [0.15, 0.2) is 29.4 Å². The number of aryl methyl sites for hydroxylation is 1. The maximum absolute atomic E-state index is 12.3. The Morgan fingerprint density at radius 3 is 2.77 bits per heavy atom. The van der Waals surface area contributed by atoms with E-state index in [1.165, 1.54) is 11.8 Å². The first kappa shape index (κ1) is 18.5. The third-order valence-corrected chi connectivity index (χ3v) is 5.50. The van der Waals surface area contributed by atoms with Crippen molar-refractivity contribution in [2.45, 2.75) is 44.8 Å². The van der Waals surface area contributed by atoms with Gasteiger partial charge in [0.15, 0.2) is 10.8 Å². The van der Waals surface area contributed by atoms with Gasteiger partial charge in [-0.2, -0.15) is 0 Å². The molecule has 0 spiro atoms. The third kappa shape index (κ3) is 3.62. The Bertz CT molecular complexity index is 965. The number of ether oxygens (including phenoxy) is 1. The third-order valence-electron chi connectivity index (χ3n) is 4.57. The van der Waals surface area contributed by atoms with Crippen molar-refractivity contribution in [1.29, 1.82) is 0 Å². The molecule has 0 bridgehead atoms. The average molecular weight is 372 g/mol. The summed E-state index contributed by atoms with van der Waals surface area (Å²) in [4.78, 5) is 12.3. The number of benzene rings is 1. The van der Waals surface area contributed by atoms with Crippen LogP contribution in [0.2, 0.25) is 0 Å². The van der Waals surface area contributed by atoms with Gasteiger partial charge in [-0.05, 0) is 51.0 Å². The highest BCUT2D eigenvalue weighted by molar-refractivity contribution is 7.99. The molecule has 138 valence electrons. The van der Waals surface area contributed by atoms with E-state index in [0.29, 0.717) is 10.9 Å². The molecular formula is C19H24N4O2S. The van der Waals surface area contributed by atoms with E-state index in [1.807, 2.05) is 42.5 Å². The summed E-state index contributed by atoms with van der Waals surface area (Å²) in [5.74, 6) is 1.06. The highest BCUT2D eigenvalue weighted by Gasteiger charge is 2.19. The van der Waals surface area contributed by atoms with Gasteiger partial charge in [0.25, 0.3) is 0 Å². The highest BCUT2D eigenvalue weighted by atomic mass is 32.2. The van der Waals surface area contributed by atoms with Gasteiger partial charge < -0.3 is 10.1 Å².